The number of nitrogens with two attached hydrogens (primary N) is 1. The zero-order chi connectivity index (χ0) is 10.8. The Bertz CT molecular complexity index is 332. The molecule has 0 aliphatic heterocycles. The van der Waals surface area contributed by atoms with E-state index in [1.54, 1.807) is 6.20 Å². The van der Waals surface area contributed by atoms with Gasteiger partial charge in [-0.15, -0.1) is 0 Å². The summed E-state index contributed by atoms with van der Waals surface area (Å²) in [6.07, 6.45) is 3.83. The molecule has 1 aromatic rings. The molecular formula is C10H17N5. The molecule has 0 aromatic carbocycles. The molecule has 5 nitrogen and oxygen atoms in total. The first-order chi connectivity index (χ1) is 7.15. The van der Waals surface area contributed by atoms with E-state index in [9.17, 15) is 0 Å². The molecule has 2 rings (SSSR count). The van der Waals surface area contributed by atoms with Crippen molar-refractivity contribution in [2.24, 2.45) is 5.73 Å². The van der Waals surface area contributed by atoms with Crippen LogP contribution in [0, 0.1) is 0 Å². The normalized spacial score (nSPS) is 24.5. The monoisotopic (exact) mass is 207 g/mol. The Labute approximate surface area is 89.7 Å². The van der Waals surface area contributed by atoms with Gasteiger partial charge in [0.15, 0.2) is 0 Å². The van der Waals surface area contributed by atoms with Crippen molar-refractivity contribution >= 4 is 11.8 Å². The minimum Gasteiger partial charge on any atom is -0.367 e. The van der Waals surface area contributed by atoms with Crippen molar-refractivity contribution in [2.75, 3.05) is 24.3 Å². The van der Waals surface area contributed by atoms with Gasteiger partial charge in [-0.3, -0.25) is 0 Å². The van der Waals surface area contributed by atoms with Gasteiger partial charge < -0.3 is 16.0 Å². The van der Waals surface area contributed by atoms with Gasteiger partial charge in [-0.2, -0.15) is 4.98 Å². The summed E-state index contributed by atoms with van der Waals surface area (Å²) in [6, 6.07) is 2.72. The van der Waals surface area contributed by atoms with Crippen LogP contribution in [0.4, 0.5) is 11.8 Å². The molecular weight excluding hydrogens is 190 g/mol. The van der Waals surface area contributed by atoms with Crippen molar-refractivity contribution in [3.8, 4) is 0 Å². The zero-order valence-corrected chi connectivity index (χ0v) is 9.14. The topological polar surface area (TPSA) is 67.1 Å². The van der Waals surface area contributed by atoms with Crippen LogP contribution in [0.3, 0.4) is 0 Å². The molecule has 1 saturated carbocycles. The maximum absolute atomic E-state index is 5.72. The average Bonchev–Trinajstić information content (AvgIpc) is 2.16. The summed E-state index contributed by atoms with van der Waals surface area (Å²) >= 11 is 0. The molecule has 0 bridgehead atoms. The Morgan fingerprint density at radius 1 is 1.47 bits per heavy atom. The van der Waals surface area contributed by atoms with E-state index < -0.39 is 0 Å². The Morgan fingerprint density at radius 2 is 2.20 bits per heavy atom. The molecule has 3 N–H and O–H groups in total. The Kier molecular flexibility index (Phi) is 2.73. The van der Waals surface area contributed by atoms with Gasteiger partial charge in [0, 0.05) is 32.4 Å². The third-order valence-corrected chi connectivity index (χ3v) is 2.57. The molecule has 0 spiro atoms. The molecule has 1 heterocycles. The average molecular weight is 207 g/mol. The fraction of sp³-hybridized carbons (Fsp3) is 0.600. The molecule has 0 amide bonds. The predicted octanol–water partition coefficient (Wildman–Crippen LogP) is 0.444. The lowest BCUT2D eigenvalue weighted by molar-refractivity contribution is 0.373. The van der Waals surface area contributed by atoms with E-state index in [2.05, 4.69) is 15.3 Å². The van der Waals surface area contributed by atoms with E-state index in [1.165, 1.54) is 0 Å². The molecule has 0 radical (unpaired) electrons. The zero-order valence-electron chi connectivity index (χ0n) is 9.14. The number of hydrogen-bond acceptors (Lipinski definition) is 5. The van der Waals surface area contributed by atoms with Gasteiger partial charge >= 0.3 is 0 Å². The van der Waals surface area contributed by atoms with Crippen LogP contribution in [0.5, 0.6) is 0 Å². The second-order valence-corrected chi connectivity index (χ2v) is 4.21. The van der Waals surface area contributed by atoms with Crippen molar-refractivity contribution in [2.45, 2.75) is 24.9 Å². The second-order valence-electron chi connectivity index (χ2n) is 4.21. The van der Waals surface area contributed by atoms with Crippen molar-refractivity contribution < 1.29 is 0 Å². The van der Waals surface area contributed by atoms with Gasteiger partial charge in [0.2, 0.25) is 5.95 Å². The minimum atomic E-state index is 0.359. The van der Waals surface area contributed by atoms with E-state index in [-0.39, 0.29) is 0 Å². The summed E-state index contributed by atoms with van der Waals surface area (Å²) < 4.78 is 0. The highest BCUT2D eigenvalue weighted by molar-refractivity contribution is 5.41. The summed E-state index contributed by atoms with van der Waals surface area (Å²) in [5, 5.41) is 3.35. The van der Waals surface area contributed by atoms with Gasteiger partial charge in [0.25, 0.3) is 0 Å². The molecule has 1 fully saturated rings. The molecule has 1 aromatic heterocycles. The lowest BCUT2D eigenvalue weighted by Gasteiger charge is -2.33. The Morgan fingerprint density at radius 3 is 2.80 bits per heavy atom. The first-order valence-corrected chi connectivity index (χ1v) is 5.17. The Hall–Kier alpha value is -1.36. The Balaban J connectivity index is 1.99. The molecule has 5 heteroatoms. The van der Waals surface area contributed by atoms with Crippen molar-refractivity contribution in [3.05, 3.63) is 12.3 Å². The fourth-order valence-electron chi connectivity index (χ4n) is 1.63. The number of nitrogens with one attached hydrogen (secondary N) is 1. The van der Waals surface area contributed by atoms with E-state index in [0.717, 1.165) is 24.6 Å². The first kappa shape index (κ1) is 10.2. The van der Waals surface area contributed by atoms with Crippen molar-refractivity contribution in [1.82, 2.24) is 9.97 Å². The van der Waals surface area contributed by atoms with Crippen LogP contribution in [0.15, 0.2) is 12.3 Å². The highest BCUT2D eigenvalue weighted by Crippen LogP contribution is 2.21. The summed E-state index contributed by atoms with van der Waals surface area (Å²) in [7, 11) is 3.86. The summed E-state index contributed by atoms with van der Waals surface area (Å²) in [5.74, 6) is 1.61. The van der Waals surface area contributed by atoms with Gasteiger partial charge in [-0.25, -0.2) is 4.98 Å². The van der Waals surface area contributed by atoms with E-state index >= 15 is 0 Å². The third-order valence-electron chi connectivity index (χ3n) is 2.57. The number of hydrogen-bond donors (Lipinski definition) is 2. The van der Waals surface area contributed by atoms with Crippen molar-refractivity contribution in [3.63, 3.8) is 0 Å². The van der Waals surface area contributed by atoms with Crippen LogP contribution in [-0.4, -0.2) is 36.1 Å². The summed E-state index contributed by atoms with van der Waals surface area (Å²) in [6.45, 7) is 0. The van der Waals surface area contributed by atoms with Crippen LogP contribution in [-0.2, 0) is 0 Å². The molecule has 0 unspecified atom stereocenters. The molecule has 1 aliphatic rings. The van der Waals surface area contributed by atoms with Crippen LogP contribution >= 0.6 is 0 Å². The van der Waals surface area contributed by atoms with Crippen LogP contribution < -0.4 is 16.0 Å². The highest BCUT2D eigenvalue weighted by Gasteiger charge is 2.25. The smallest absolute Gasteiger partial charge is 0.226 e. The van der Waals surface area contributed by atoms with Crippen LogP contribution in [0.1, 0.15) is 12.8 Å². The number of aromatic nitrogens is 2. The van der Waals surface area contributed by atoms with Crippen molar-refractivity contribution in [1.29, 1.82) is 0 Å². The van der Waals surface area contributed by atoms with Gasteiger partial charge in [0.1, 0.15) is 5.82 Å². The molecule has 15 heavy (non-hydrogen) atoms. The highest BCUT2D eigenvalue weighted by atomic mass is 15.2. The third kappa shape index (κ3) is 2.36. The number of anilines is 2. The van der Waals surface area contributed by atoms with Crippen LogP contribution in [0.25, 0.3) is 0 Å². The predicted molar refractivity (Wildman–Crippen MR) is 61.0 cm³/mol. The number of nitrogens with zero attached hydrogens (tertiary/aromatic N) is 3. The summed E-state index contributed by atoms with van der Waals surface area (Å²) in [4.78, 5) is 10.4. The maximum atomic E-state index is 5.72. The minimum absolute atomic E-state index is 0.359. The van der Waals surface area contributed by atoms with Gasteiger partial charge in [0.05, 0.1) is 0 Å². The second kappa shape index (κ2) is 4.02. The van der Waals surface area contributed by atoms with Gasteiger partial charge in [-0.1, -0.05) is 0 Å². The fourth-order valence-corrected chi connectivity index (χ4v) is 1.63. The quantitative estimate of drug-likeness (QED) is 0.753. The van der Waals surface area contributed by atoms with E-state index in [4.69, 9.17) is 5.73 Å². The van der Waals surface area contributed by atoms with E-state index in [1.807, 2.05) is 25.1 Å². The summed E-state index contributed by atoms with van der Waals surface area (Å²) in [5.41, 5.74) is 5.72. The molecule has 82 valence electrons. The van der Waals surface area contributed by atoms with E-state index in [0.29, 0.717) is 12.1 Å². The molecule has 0 atom stereocenters. The molecule has 1 aliphatic carbocycles. The first-order valence-electron chi connectivity index (χ1n) is 5.17. The van der Waals surface area contributed by atoms with Gasteiger partial charge in [-0.05, 0) is 18.9 Å². The number of rotatable bonds is 3. The largest absolute Gasteiger partial charge is 0.367 e. The molecule has 0 saturated heterocycles. The van der Waals surface area contributed by atoms with Crippen LogP contribution in [0.2, 0.25) is 0 Å². The maximum Gasteiger partial charge on any atom is 0.226 e. The lowest BCUT2D eigenvalue weighted by atomic mass is 9.88. The lowest BCUT2D eigenvalue weighted by Crippen LogP contribution is -2.44. The SMILES string of the molecule is CN(C)c1nccc(NC2CC(N)C2)n1. The standard InChI is InChI=1S/C10H17N5/c1-15(2)10-12-4-3-9(14-10)13-8-5-7(11)6-8/h3-4,7-8H,5-6,11H2,1-2H3,(H,12,13,14).